The maximum Gasteiger partial charge on any atom is 0.236 e. The van der Waals surface area contributed by atoms with Gasteiger partial charge in [0.2, 0.25) is 10.0 Å². The molecule has 1 aromatic rings. The van der Waals surface area contributed by atoms with Gasteiger partial charge in [-0.15, -0.1) is 0 Å². The molecule has 0 saturated carbocycles. The summed E-state index contributed by atoms with van der Waals surface area (Å²) < 4.78 is 30.6. The first-order chi connectivity index (χ1) is 8.53. The molecular formula is C12H20N2O3S. The summed E-state index contributed by atoms with van der Waals surface area (Å²) in [6, 6.07) is 7.06. The number of benzene rings is 1. The van der Waals surface area contributed by atoms with Crippen LogP contribution in [0.25, 0.3) is 0 Å². The second-order valence-corrected chi connectivity index (χ2v) is 5.93. The summed E-state index contributed by atoms with van der Waals surface area (Å²) in [7, 11) is -0.261. The molecule has 0 radical (unpaired) electrons. The lowest BCUT2D eigenvalue weighted by molar-refractivity contribution is 0.416. The standard InChI is InChI=1S/C12H20N2O3S/c1-4-13-9-10-18(15,16)14(2)11-7-5-6-8-12(11)17-3/h5-8,13H,4,9-10H2,1-3H3. The van der Waals surface area contributed by atoms with E-state index in [1.807, 2.05) is 6.92 Å². The van der Waals surface area contributed by atoms with Crippen LogP contribution in [0.2, 0.25) is 0 Å². The zero-order chi connectivity index (χ0) is 13.6. The predicted octanol–water partition coefficient (Wildman–Crippen LogP) is 1.07. The normalized spacial score (nSPS) is 11.3. The summed E-state index contributed by atoms with van der Waals surface area (Å²) in [5.74, 6) is 0.613. The number of hydrogen-bond acceptors (Lipinski definition) is 4. The van der Waals surface area contributed by atoms with Crippen molar-refractivity contribution in [3.05, 3.63) is 24.3 Å². The van der Waals surface area contributed by atoms with Crippen LogP contribution in [0.1, 0.15) is 6.92 Å². The minimum Gasteiger partial charge on any atom is -0.495 e. The van der Waals surface area contributed by atoms with Gasteiger partial charge in [0, 0.05) is 13.6 Å². The fourth-order valence-corrected chi connectivity index (χ4v) is 2.68. The van der Waals surface area contributed by atoms with E-state index in [4.69, 9.17) is 4.74 Å². The van der Waals surface area contributed by atoms with E-state index in [1.54, 1.807) is 31.3 Å². The van der Waals surface area contributed by atoms with E-state index in [-0.39, 0.29) is 5.75 Å². The molecule has 0 aromatic heterocycles. The molecule has 18 heavy (non-hydrogen) atoms. The summed E-state index contributed by atoms with van der Waals surface area (Å²) in [6.45, 7) is 3.14. The van der Waals surface area contributed by atoms with Crippen molar-refractivity contribution in [2.75, 3.05) is 37.3 Å². The Bertz CT molecular complexity index is 474. The quantitative estimate of drug-likeness (QED) is 0.754. The average Bonchev–Trinajstić information content (AvgIpc) is 2.38. The zero-order valence-electron chi connectivity index (χ0n) is 11.0. The van der Waals surface area contributed by atoms with Gasteiger partial charge in [-0.05, 0) is 18.7 Å². The number of sulfonamides is 1. The lowest BCUT2D eigenvalue weighted by Crippen LogP contribution is -2.33. The predicted molar refractivity (Wildman–Crippen MR) is 73.7 cm³/mol. The Kier molecular flexibility index (Phi) is 5.43. The van der Waals surface area contributed by atoms with Gasteiger partial charge in [0.25, 0.3) is 0 Å². The number of ether oxygens (including phenoxy) is 1. The summed E-state index contributed by atoms with van der Waals surface area (Å²) >= 11 is 0. The highest BCUT2D eigenvalue weighted by Gasteiger charge is 2.20. The number of nitrogens with one attached hydrogen (secondary N) is 1. The average molecular weight is 272 g/mol. The highest BCUT2D eigenvalue weighted by Crippen LogP contribution is 2.28. The van der Waals surface area contributed by atoms with Crippen molar-refractivity contribution in [1.29, 1.82) is 0 Å². The Morgan fingerprint density at radius 2 is 2.00 bits per heavy atom. The molecule has 0 bridgehead atoms. The Morgan fingerprint density at radius 1 is 1.33 bits per heavy atom. The molecule has 5 nitrogen and oxygen atoms in total. The molecule has 0 heterocycles. The maximum atomic E-state index is 12.1. The van der Waals surface area contributed by atoms with Gasteiger partial charge in [0.05, 0.1) is 18.6 Å². The van der Waals surface area contributed by atoms with E-state index in [0.717, 1.165) is 6.54 Å². The fourth-order valence-electron chi connectivity index (χ4n) is 1.55. The Balaban J connectivity index is 2.88. The third-order valence-electron chi connectivity index (χ3n) is 2.63. The minimum atomic E-state index is -3.33. The van der Waals surface area contributed by atoms with E-state index in [2.05, 4.69) is 5.32 Å². The molecule has 0 atom stereocenters. The molecule has 1 N–H and O–H groups in total. The van der Waals surface area contributed by atoms with Crippen molar-refractivity contribution in [3.8, 4) is 5.75 Å². The van der Waals surface area contributed by atoms with Gasteiger partial charge in [-0.25, -0.2) is 8.42 Å². The van der Waals surface area contributed by atoms with Crippen LogP contribution >= 0.6 is 0 Å². The van der Waals surface area contributed by atoms with Crippen molar-refractivity contribution in [2.24, 2.45) is 0 Å². The van der Waals surface area contributed by atoms with Crippen LogP contribution in [0, 0.1) is 0 Å². The molecule has 0 saturated heterocycles. The fraction of sp³-hybridized carbons (Fsp3) is 0.500. The lowest BCUT2D eigenvalue weighted by Gasteiger charge is -2.21. The molecule has 1 rings (SSSR count). The van der Waals surface area contributed by atoms with Gasteiger partial charge in [-0.2, -0.15) is 0 Å². The first-order valence-electron chi connectivity index (χ1n) is 5.83. The molecule has 0 amide bonds. The van der Waals surface area contributed by atoms with E-state index < -0.39 is 10.0 Å². The summed E-state index contributed by atoms with van der Waals surface area (Å²) in [6.07, 6.45) is 0. The third-order valence-corrected chi connectivity index (χ3v) is 4.38. The van der Waals surface area contributed by atoms with Crippen LogP contribution in [0.3, 0.4) is 0 Å². The van der Waals surface area contributed by atoms with Gasteiger partial charge in [0.1, 0.15) is 5.75 Å². The third kappa shape index (κ3) is 3.61. The molecule has 0 fully saturated rings. The lowest BCUT2D eigenvalue weighted by atomic mass is 10.3. The SMILES string of the molecule is CCNCCS(=O)(=O)N(C)c1ccccc1OC. The summed E-state index contributed by atoms with van der Waals surface area (Å²) in [5, 5.41) is 3.00. The molecule has 1 aromatic carbocycles. The topological polar surface area (TPSA) is 58.6 Å². The van der Waals surface area contributed by atoms with Gasteiger partial charge in [-0.3, -0.25) is 4.31 Å². The van der Waals surface area contributed by atoms with Crippen molar-refractivity contribution < 1.29 is 13.2 Å². The molecule has 0 unspecified atom stereocenters. The van der Waals surface area contributed by atoms with Gasteiger partial charge >= 0.3 is 0 Å². The summed E-state index contributed by atoms with van der Waals surface area (Å²) in [4.78, 5) is 0. The number of nitrogens with zero attached hydrogens (tertiary/aromatic N) is 1. The minimum absolute atomic E-state index is 0.0649. The monoisotopic (exact) mass is 272 g/mol. The smallest absolute Gasteiger partial charge is 0.236 e. The Labute approximate surface area is 109 Å². The van der Waals surface area contributed by atoms with Crippen LogP contribution in [0.15, 0.2) is 24.3 Å². The number of hydrogen-bond donors (Lipinski definition) is 1. The van der Waals surface area contributed by atoms with Crippen molar-refractivity contribution >= 4 is 15.7 Å². The van der Waals surface area contributed by atoms with Gasteiger partial charge in [0.15, 0.2) is 0 Å². The first-order valence-corrected chi connectivity index (χ1v) is 7.44. The summed E-state index contributed by atoms with van der Waals surface area (Å²) in [5.41, 5.74) is 0.552. The van der Waals surface area contributed by atoms with Gasteiger partial charge in [-0.1, -0.05) is 19.1 Å². The largest absolute Gasteiger partial charge is 0.495 e. The van der Waals surface area contributed by atoms with Crippen molar-refractivity contribution in [2.45, 2.75) is 6.92 Å². The molecule has 102 valence electrons. The number of rotatable bonds is 7. The van der Waals surface area contributed by atoms with Gasteiger partial charge < -0.3 is 10.1 Å². The van der Waals surface area contributed by atoms with Crippen LogP contribution in [-0.4, -0.2) is 41.4 Å². The second kappa shape index (κ2) is 6.61. The van der Waals surface area contributed by atoms with Crippen LogP contribution < -0.4 is 14.4 Å². The van der Waals surface area contributed by atoms with E-state index in [9.17, 15) is 8.42 Å². The number of methoxy groups -OCH3 is 1. The molecule has 0 aliphatic carbocycles. The molecule has 0 spiro atoms. The van der Waals surface area contributed by atoms with E-state index in [0.29, 0.717) is 18.0 Å². The Hall–Kier alpha value is -1.27. The molecule has 6 heteroatoms. The van der Waals surface area contributed by atoms with Crippen LogP contribution in [0.5, 0.6) is 5.75 Å². The zero-order valence-corrected chi connectivity index (χ0v) is 11.8. The molecule has 0 aliphatic heterocycles. The van der Waals surface area contributed by atoms with Crippen LogP contribution in [0.4, 0.5) is 5.69 Å². The van der Waals surface area contributed by atoms with E-state index in [1.165, 1.54) is 11.4 Å². The van der Waals surface area contributed by atoms with Crippen LogP contribution in [-0.2, 0) is 10.0 Å². The van der Waals surface area contributed by atoms with E-state index >= 15 is 0 Å². The van der Waals surface area contributed by atoms with Crippen molar-refractivity contribution in [1.82, 2.24) is 5.32 Å². The highest BCUT2D eigenvalue weighted by molar-refractivity contribution is 7.92. The molecule has 0 aliphatic rings. The maximum absolute atomic E-state index is 12.1. The molecular weight excluding hydrogens is 252 g/mol. The highest BCUT2D eigenvalue weighted by atomic mass is 32.2. The Morgan fingerprint density at radius 3 is 2.61 bits per heavy atom. The first kappa shape index (κ1) is 14.8. The second-order valence-electron chi connectivity index (χ2n) is 3.81. The van der Waals surface area contributed by atoms with Crippen molar-refractivity contribution in [3.63, 3.8) is 0 Å². The number of para-hydroxylation sites is 2. The number of anilines is 1.